The second-order valence-corrected chi connectivity index (χ2v) is 9.42. The van der Waals surface area contributed by atoms with Crippen molar-refractivity contribution in [1.82, 2.24) is 10.2 Å². The number of hydrogen-bond donors (Lipinski definition) is 1. The Morgan fingerprint density at radius 3 is 2.63 bits per heavy atom. The molecule has 186 valence electrons. The largest absolute Gasteiger partial charge is 0.493 e. The summed E-state index contributed by atoms with van der Waals surface area (Å²) in [5.41, 5.74) is 2.11. The molecule has 0 radical (unpaired) electrons. The van der Waals surface area contributed by atoms with Crippen LogP contribution in [0.5, 0.6) is 11.5 Å². The molecular formula is C26H31N3O5S. The van der Waals surface area contributed by atoms with Gasteiger partial charge in [0.15, 0.2) is 11.5 Å². The lowest BCUT2D eigenvalue weighted by atomic mass is 10.1. The molecule has 8 nitrogen and oxygen atoms in total. The summed E-state index contributed by atoms with van der Waals surface area (Å²) in [4.78, 5) is 31.2. The monoisotopic (exact) mass is 497 g/mol. The first-order chi connectivity index (χ1) is 17.0. The maximum Gasteiger partial charge on any atom is 0.264 e. The number of anilines is 1. The summed E-state index contributed by atoms with van der Waals surface area (Å²) < 4.78 is 16.0. The van der Waals surface area contributed by atoms with Gasteiger partial charge in [0, 0.05) is 37.1 Å². The number of likely N-dealkylation sites (N-methyl/N-ethyl adjacent to an activating group) is 1. The second-order valence-electron chi connectivity index (χ2n) is 8.34. The molecule has 0 unspecified atom stereocenters. The summed E-state index contributed by atoms with van der Waals surface area (Å²) in [6.45, 7) is 4.98. The van der Waals surface area contributed by atoms with Crippen LogP contribution >= 0.6 is 11.8 Å². The van der Waals surface area contributed by atoms with Crippen LogP contribution in [0, 0.1) is 0 Å². The third-order valence-electron chi connectivity index (χ3n) is 6.06. The van der Waals surface area contributed by atoms with Crippen LogP contribution < -0.4 is 19.7 Å². The molecule has 2 heterocycles. The van der Waals surface area contributed by atoms with E-state index in [-0.39, 0.29) is 11.8 Å². The van der Waals surface area contributed by atoms with Gasteiger partial charge in [-0.2, -0.15) is 0 Å². The predicted octanol–water partition coefficient (Wildman–Crippen LogP) is 3.27. The fourth-order valence-electron chi connectivity index (χ4n) is 4.06. The molecule has 0 saturated carbocycles. The molecule has 0 aromatic heterocycles. The highest BCUT2D eigenvalue weighted by atomic mass is 32.2. The number of amides is 2. The minimum Gasteiger partial charge on any atom is -0.493 e. The molecule has 2 amide bonds. The molecule has 4 rings (SSSR count). The van der Waals surface area contributed by atoms with Crippen LogP contribution in [0.1, 0.15) is 22.3 Å². The number of methoxy groups -OCH3 is 2. The van der Waals surface area contributed by atoms with E-state index in [9.17, 15) is 9.59 Å². The Morgan fingerprint density at radius 1 is 1.11 bits per heavy atom. The summed E-state index contributed by atoms with van der Waals surface area (Å²) in [7, 11) is 4.90. The van der Waals surface area contributed by atoms with E-state index in [0.717, 1.165) is 55.4 Å². The van der Waals surface area contributed by atoms with Crippen LogP contribution in [0.4, 0.5) is 5.69 Å². The highest BCUT2D eigenvalue weighted by Gasteiger charge is 2.27. The first-order valence-electron chi connectivity index (χ1n) is 11.6. The quantitative estimate of drug-likeness (QED) is 0.443. The average molecular weight is 498 g/mol. The Morgan fingerprint density at radius 2 is 1.89 bits per heavy atom. The second kappa shape index (κ2) is 11.6. The standard InChI is InChI=1S/C26H31N3O5S/c1-28-20-17-19(25(30)27-9-4-10-29-11-13-34-14-12-29)6-8-23(20)35-24(26(28)31)16-18-5-7-21(32-2)22(15-18)33-3/h5-8,15-17H,4,9-14H2,1-3H3,(H,27,30). The lowest BCUT2D eigenvalue weighted by molar-refractivity contribution is -0.114. The summed E-state index contributed by atoms with van der Waals surface area (Å²) in [5, 5.41) is 2.99. The van der Waals surface area contributed by atoms with Gasteiger partial charge in [0.25, 0.3) is 11.8 Å². The van der Waals surface area contributed by atoms with Gasteiger partial charge in [-0.15, -0.1) is 0 Å². The van der Waals surface area contributed by atoms with E-state index in [1.54, 1.807) is 38.3 Å². The van der Waals surface area contributed by atoms with Crippen LogP contribution in [0.25, 0.3) is 6.08 Å². The summed E-state index contributed by atoms with van der Waals surface area (Å²) in [6, 6.07) is 11.0. The molecule has 0 atom stereocenters. The molecule has 1 saturated heterocycles. The van der Waals surface area contributed by atoms with Crippen molar-refractivity contribution in [3.63, 3.8) is 0 Å². The smallest absolute Gasteiger partial charge is 0.264 e. The predicted molar refractivity (Wildman–Crippen MR) is 137 cm³/mol. The van der Waals surface area contributed by atoms with Crippen LogP contribution in [0.2, 0.25) is 0 Å². The average Bonchev–Trinajstić information content (AvgIpc) is 2.89. The van der Waals surface area contributed by atoms with Crippen molar-refractivity contribution in [2.75, 3.05) is 65.6 Å². The fraction of sp³-hybridized carbons (Fsp3) is 0.385. The number of thioether (sulfide) groups is 1. The van der Waals surface area contributed by atoms with Crippen molar-refractivity contribution in [2.45, 2.75) is 11.3 Å². The zero-order valence-electron chi connectivity index (χ0n) is 20.3. The zero-order chi connectivity index (χ0) is 24.8. The van der Waals surface area contributed by atoms with Crippen LogP contribution in [-0.4, -0.2) is 77.4 Å². The normalized spacial score (nSPS) is 17.3. The third-order valence-corrected chi connectivity index (χ3v) is 7.14. The lowest BCUT2D eigenvalue weighted by Crippen LogP contribution is -2.38. The third kappa shape index (κ3) is 5.98. The van der Waals surface area contributed by atoms with Gasteiger partial charge in [-0.3, -0.25) is 14.5 Å². The molecule has 2 aliphatic heterocycles. The Labute approximate surface area is 210 Å². The number of nitrogens with one attached hydrogen (secondary N) is 1. The number of benzene rings is 2. The Bertz CT molecular complexity index is 1110. The van der Waals surface area contributed by atoms with Crippen LogP contribution in [0.3, 0.4) is 0 Å². The summed E-state index contributed by atoms with van der Waals surface area (Å²) in [5.74, 6) is 0.976. The first-order valence-corrected chi connectivity index (χ1v) is 12.4. The maximum absolute atomic E-state index is 13.1. The van der Waals surface area contributed by atoms with Gasteiger partial charge in [0.2, 0.25) is 0 Å². The van der Waals surface area contributed by atoms with Crippen molar-refractivity contribution in [3.05, 3.63) is 52.4 Å². The van der Waals surface area contributed by atoms with E-state index in [2.05, 4.69) is 10.2 Å². The van der Waals surface area contributed by atoms with Crippen molar-refractivity contribution >= 4 is 35.3 Å². The van der Waals surface area contributed by atoms with E-state index in [1.807, 2.05) is 30.3 Å². The van der Waals surface area contributed by atoms with Gasteiger partial charge >= 0.3 is 0 Å². The number of fused-ring (bicyclic) bond motifs is 1. The number of rotatable bonds is 8. The van der Waals surface area contributed by atoms with Crippen molar-refractivity contribution in [3.8, 4) is 11.5 Å². The first kappa shape index (κ1) is 25.1. The van der Waals surface area contributed by atoms with Crippen LogP contribution in [0.15, 0.2) is 46.2 Å². The van der Waals surface area contributed by atoms with Crippen molar-refractivity contribution in [1.29, 1.82) is 0 Å². The molecule has 1 N–H and O–H groups in total. The minimum atomic E-state index is -0.132. The van der Waals surface area contributed by atoms with Gasteiger partial charge in [0.1, 0.15) is 0 Å². The minimum absolute atomic E-state index is 0.125. The van der Waals surface area contributed by atoms with E-state index in [4.69, 9.17) is 14.2 Å². The fourth-order valence-corrected chi connectivity index (χ4v) is 5.15. The van der Waals surface area contributed by atoms with E-state index in [1.165, 1.54) is 11.8 Å². The number of nitrogens with zero attached hydrogens (tertiary/aromatic N) is 2. The molecule has 1 fully saturated rings. The number of carbonyl (C=O) groups excluding carboxylic acids is 2. The maximum atomic E-state index is 13.1. The lowest BCUT2D eigenvalue weighted by Gasteiger charge is -2.27. The summed E-state index contributed by atoms with van der Waals surface area (Å²) >= 11 is 1.40. The topological polar surface area (TPSA) is 80.3 Å². The van der Waals surface area contributed by atoms with E-state index < -0.39 is 0 Å². The van der Waals surface area contributed by atoms with Gasteiger partial charge in [0.05, 0.1) is 38.0 Å². The van der Waals surface area contributed by atoms with Crippen LogP contribution in [-0.2, 0) is 9.53 Å². The molecule has 2 aromatic rings. The number of ether oxygens (including phenoxy) is 3. The molecule has 9 heteroatoms. The summed E-state index contributed by atoms with van der Waals surface area (Å²) in [6.07, 6.45) is 2.72. The Balaban J connectivity index is 1.42. The van der Waals surface area contributed by atoms with Crippen molar-refractivity contribution < 1.29 is 23.8 Å². The highest BCUT2D eigenvalue weighted by molar-refractivity contribution is 8.04. The number of hydrogen-bond acceptors (Lipinski definition) is 7. The van der Waals surface area contributed by atoms with Crippen molar-refractivity contribution in [2.24, 2.45) is 0 Å². The molecule has 0 bridgehead atoms. The number of carbonyl (C=O) groups is 2. The highest BCUT2D eigenvalue weighted by Crippen LogP contribution is 2.42. The zero-order valence-corrected chi connectivity index (χ0v) is 21.2. The number of morpholine rings is 1. The molecule has 0 aliphatic carbocycles. The molecule has 2 aliphatic rings. The van der Waals surface area contributed by atoms with Gasteiger partial charge in [-0.05, 0) is 54.9 Å². The van der Waals surface area contributed by atoms with E-state index in [0.29, 0.717) is 28.5 Å². The molecule has 0 spiro atoms. The molecular weight excluding hydrogens is 466 g/mol. The van der Waals surface area contributed by atoms with Gasteiger partial charge in [-0.1, -0.05) is 17.8 Å². The molecule has 35 heavy (non-hydrogen) atoms. The SMILES string of the molecule is COc1ccc(C=C2Sc3ccc(C(=O)NCCCN4CCOCC4)cc3N(C)C2=O)cc1OC. The Hall–Kier alpha value is -3.01. The van der Waals surface area contributed by atoms with Gasteiger partial charge < -0.3 is 24.4 Å². The molecule has 2 aromatic carbocycles. The van der Waals surface area contributed by atoms with Gasteiger partial charge in [-0.25, -0.2) is 0 Å². The van der Waals surface area contributed by atoms with E-state index >= 15 is 0 Å². The Kier molecular flexibility index (Phi) is 8.33.